The first kappa shape index (κ1) is 17.6. The molecule has 1 aromatic carbocycles. The Hall–Kier alpha value is -1.46. The zero-order valence-electron chi connectivity index (χ0n) is 15.9. The fourth-order valence-corrected chi connectivity index (χ4v) is 6.83. The third-order valence-corrected chi connectivity index (χ3v) is 7.97. The molecule has 27 heavy (non-hydrogen) atoms. The van der Waals surface area contributed by atoms with E-state index in [9.17, 15) is 14.3 Å². The molecule has 6 rings (SSSR count). The second-order valence-corrected chi connectivity index (χ2v) is 9.45. The van der Waals surface area contributed by atoms with Crippen LogP contribution < -0.4 is 0 Å². The first-order chi connectivity index (χ1) is 12.9. The molecule has 0 aromatic heterocycles. The van der Waals surface area contributed by atoms with Crippen LogP contribution in [0.1, 0.15) is 44.1 Å². The summed E-state index contributed by atoms with van der Waals surface area (Å²) in [7, 11) is 1.69. The Labute approximate surface area is 159 Å². The van der Waals surface area contributed by atoms with Crippen molar-refractivity contribution in [3.8, 4) is 0 Å². The minimum absolute atomic E-state index is 0.148. The first-order valence-electron chi connectivity index (χ1n) is 10.2. The van der Waals surface area contributed by atoms with Gasteiger partial charge in [-0.1, -0.05) is 12.1 Å². The average molecular weight is 373 g/mol. The van der Waals surface area contributed by atoms with Crippen molar-refractivity contribution < 1.29 is 19.0 Å². The second kappa shape index (κ2) is 6.02. The highest BCUT2D eigenvalue weighted by Gasteiger charge is 2.63. The van der Waals surface area contributed by atoms with Crippen molar-refractivity contribution in [2.75, 3.05) is 20.2 Å². The van der Waals surface area contributed by atoms with E-state index in [4.69, 9.17) is 4.74 Å². The number of methoxy groups -OCH3 is 1. The van der Waals surface area contributed by atoms with E-state index in [0.29, 0.717) is 37.3 Å². The summed E-state index contributed by atoms with van der Waals surface area (Å²) in [5.74, 6) is 1.09. The number of carbonyl (C=O) groups excluding carboxylic acids is 1. The smallest absolute Gasteiger partial charge is 0.223 e. The molecule has 1 N–H and O–H groups in total. The molecule has 5 heteroatoms. The van der Waals surface area contributed by atoms with E-state index < -0.39 is 5.60 Å². The van der Waals surface area contributed by atoms with Crippen LogP contribution in [0.15, 0.2) is 24.3 Å². The summed E-state index contributed by atoms with van der Waals surface area (Å²) in [4.78, 5) is 15.0. The number of halogens is 1. The Kier molecular flexibility index (Phi) is 3.93. The lowest BCUT2D eigenvalue weighted by Gasteiger charge is -2.64. The lowest BCUT2D eigenvalue weighted by atomic mass is 9.41. The van der Waals surface area contributed by atoms with Crippen molar-refractivity contribution in [2.24, 2.45) is 17.8 Å². The molecular formula is C22H28FNO3. The molecule has 1 amide bonds. The number of ether oxygens (including phenoxy) is 1. The third kappa shape index (κ3) is 2.65. The van der Waals surface area contributed by atoms with E-state index in [0.717, 1.165) is 37.7 Å². The molecule has 0 spiro atoms. The Bertz CT molecular complexity index is 726. The quantitative estimate of drug-likeness (QED) is 0.883. The normalized spacial score (nSPS) is 40.3. The number of hydrogen-bond acceptors (Lipinski definition) is 3. The molecule has 1 saturated heterocycles. The molecule has 4 saturated carbocycles. The lowest BCUT2D eigenvalue weighted by Crippen LogP contribution is -2.64. The maximum absolute atomic E-state index is 13.6. The number of benzene rings is 1. The van der Waals surface area contributed by atoms with Gasteiger partial charge in [0.15, 0.2) is 0 Å². The lowest BCUT2D eigenvalue weighted by molar-refractivity contribution is -0.175. The van der Waals surface area contributed by atoms with Gasteiger partial charge in [-0.25, -0.2) is 4.39 Å². The molecule has 4 aliphatic carbocycles. The summed E-state index contributed by atoms with van der Waals surface area (Å²) < 4.78 is 18.9. The van der Waals surface area contributed by atoms with Crippen LogP contribution in [0, 0.1) is 23.6 Å². The predicted molar refractivity (Wildman–Crippen MR) is 98.6 cm³/mol. The standard InChI is InChI=1S/C22H28FNO3/c1-27-19-12-24(13-19)20(25)11-22(15-2-4-18(23)5-3-15)16-6-14-7-17(22)10-21(26,8-14)9-16/h2-5,14,16-17,19,26H,6-13H2,1H3. The molecule has 0 radical (unpaired) electrons. The summed E-state index contributed by atoms with van der Waals surface area (Å²) in [6, 6.07) is 6.80. The van der Waals surface area contributed by atoms with Crippen molar-refractivity contribution in [2.45, 2.75) is 55.6 Å². The number of likely N-dealkylation sites (tertiary alicyclic amines) is 1. The number of carbonyl (C=O) groups is 1. The van der Waals surface area contributed by atoms with Gasteiger partial charge in [-0.05, 0) is 67.6 Å². The Morgan fingerprint density at radius 2 is 1.81 bits per heavy atom. The van der Waals surface area contributed by atoms with Crippen LogP contribution in [0.4, 0.5) is 4.39 Å². The number of amides is 1. The predicted octanol–water partition coefficient (Wildman–Crippen LogP) is 2.88. The average Bonchev–Trinajstić information content (AvgIpc) is 2.57. The van der Waals surface area contributed by atoms with Crippen molar-refractivity contribution in [3.05, 3.63) is 35.6 Å². The molecule has 5 aliphatic rings. The summed E-state index contributed by atoms with van der Waals surface area (Å²) >= 11 is 0. The van der Waals surface area contributed by atoms with Crippen molar-refractivity contribution in [1.82, 2.24) is 4.90 Å². The Balaban J connectivity index is 1.49. The van der Waals surface area contributed by atoms with Gasteiger partial charge in [-0.3, -0.25) is 4.79 Å². The highest BCUT2D eigenvalue weighted by atomic mass is 19.1. The number of aliphatic hydroxyl groups is 1. The molecule has 4 bridgehead atoms. The van der Waals surface area contributed by atoms with Gasteiger partial charge < -0.3 is 14.7 Å². The van der Waals surface area contributed by atoms with Crippen LogP contribution in [0.5, 0.6) is 0 Å². The fourth-order valence-electron chi connectivity index (χ4n) is 6.83. The molecule has 2 unspecified atom stereocenters. The minimum Gasteiger partial charge on any atom is -0.390 e. The number of rotatable bonds is 4. The highest BCUT2D eigenvalue weighted by molar-refractivity contribution is 5.79. The van der Waals surface area contributed by atoms with Crippen LogP contribution in [-0.2, 0) is 14.9 Å². The minimum atomic E-state index is -0.555. The first-order valence-corrected chi connectivity index (χ1v) is 10.2. The summed E-state index contributed by atoms with van der Waals surface area (Å²) in [6.45, 7) is 1.33. The number of hydrogen-bond donors (Lipinski definition) is 1. The van der Waals surface area contributed by atoms with E-state index in [-0.39, 0.29) is 23.2 Å². The van der Waals surface area contributed by atoms with Gasteiger partial charge in [0.1, 0.15) is 5.82 Å². The molecule has 1 aromatic rings. The van der Waals surface area contributed by atoms with E-state index in [1.165, 1.54) is 12.1 Å². The van der Waals surface area contributed by atoms with Gasteiger partial charge >= 0.3 is 0 Å². The van der Waals surface area contributed by atoms with E-state index >= 15 is 0 Å². The maximum atomic E-state index is 13.6. The molecule has 146 valence electrons. The zero-order chi connectivity index (χ0) is 18.8. The molecule has 1 aliphatic heterocycles. The van der Waals surface area contributed by atoms with Gasteiger partial charge in [-0.2, -0.15) is 0 Å². The van der Waals surface area contributed by atoms with Gasteiger partial charge in [0.2, 0.25) is 5.91 Å². The van der Waals surface area contributed by atoms with Gasteiger partial charge in [0.05, 0.1) is 11.7 Å². The zero-order valence-corrected chi connectivity index (χ0v) is 15.9. The summed E-state index contributed by atoms with van der Waals surface area (Å²) in [5, 5.41) is 11.0. The molecule has 5 fully saturated rings. The topological polar surface area (TPSA) is 49.8 Å². The van der Waals surface area contributed by atoms with Crippen molar-refractivity contribution in [1.29, 1.82) is 0 Å². The SMILES string of the molecule is COC1CN(C(=O)CC2(c3ccc(F)cc3)C3CC4CC2CC(O)(C4)C3)C1. The van der Waals surface area contributed by atoms with Gasteiger partial charge in [0, 0.05) is 32.0 Å². The molecular weight excluding hydrogens is 345 g/mol. The van der Waals surface area contributed by atoms with E-state index in [2.05, 4.69) is 0 Å². The van der Waals surface area contributed by atoms with Crippen LogP contribution in [0.25, 0.3) is 0 Å². The largest absolute Gasteiger partial charge is 0.390 e. The van der Waals surface area contributed by atoms with Gasteiger partial charge in [0.25, 0.3) is 0 Å². The molecule has 1 heterocycles. The van der Waals surface area contributed by atoms with Crippen LogP contribution in [-0.4, -0.2) is 47.8 Å². The Morgan fingerprint density at radius 3 is 2.37 bits per heavy atom. The highest BCUT2D eigenvalue weighted by Crippen LogP contribution is 2.65. The van der Waals surface area contributed by atoms with E-state index in [1.807, 2.05) is 17.0 Å². The maximum Gasteiger partial charge on any atom is 0.223 e. The van der Waals surface area contributed by atoms with Crippen LogP contribution in [0.2, 0.25) is 0 Å². The molecule has 4 nitrogen and oxygen atoms in total. The third-order valence-electron chi connectivity index (χ3n) is 7.97. The second-order valence-electron chi connectivity index (χ2n) is 9.45. The van der Waals surface area contributed by atoms with Crippen molar-refractivity contribution >= 4 is 5.91 Å². The van der Waals surface area contributed by atoms with E-state index in [1.54, 1.807) is 7.11 Å². The van der Waals surface area contributed by atoms with Gasteiger partial charge in [-0.15, -0.1) is 0 Å². The van der Waals surface area contributed by atoms with Crippen molar-refractivity contribution in [3.63, 3.8) is 0 Å². The van der Waals surface area contributed by atoms with Crippen LogP contribution >= 0.6 is 0 Å². The summed E-state index contributed by atoms with van der Waals surface area (Å²) in [5.41, 5.74) is 0.256. The Morgan fingerprint density at radius 1 is 1.19 bits per heavy atom. The number of nitrogens with zero attached hydrogens (tertiary/aromatic N) is 1. The molecule has 2 atom stereocenters. The summed E-state index contributed by atoms with van der Waals surface area (Å²) in [6.07, 6.45) is 5.21. The van der Waals surface area contributed by atoms with Crippen LogP contribution in [0.3, 0.4) is 0 Å². The fraction of sp³-hybridized carbons (Fsp3) is 0.682. The monoisotopic (exact) mass is 373 g/mol.